The summed E-state index contributed by atoms with van der Waals surface area (Å²) in [6.45, 7) is 3.93. The van der Waals surface area contributed by atoms with Crippen LogP contribution >= 0.6 is 0 Å². The van der Waals surface area contributed by atoms with E-state index < -0.39 is 5.92 Å². The Labute approximate surface area is 135 Å². The standard InChI is InChI=1S/C19H19NO3/c1-13(2)23-16-10-8-14(9-11-16)17-12-18(21)20(19(17)22)15-6-4-3-5-7-15/h3-11,13,17H,12H2,1-2H3/t17-/m0/s1. The highest BCUT2D eigenvalue weighted by molar-refractivity contribution is 6.22. The van der Waals surface area contributed by atoms with Crippen molar-refractivity contribution in [2.45, 2.75) is 32.3 Å². The summed E-state index contributed by atoms with van der Waals surface area (Å²) in [5.41, 5.74) is 1.47. The summed E-state index contributed by atoms with van der Waals surface area (Å²) < 4.78 is 5.61. The Bertz CT molecular complexity index is 707. The van der Waals surface area contributed by atoms with Gasteiger partial charge in [-0.25, -0.2) is 0 Å². The van der Waals surface area contributed by atoms with Gasteiger partial charge < -0.3 is 4.74 Å². The maximum absolute atomic E-state index is 12.7. The largest absolute Gasteiger partial charge is 0.491 e. The van der Waals surface area contributed by atoms with E-state index in [9.17, 15) is 9.59 Å². The third-order valence-corrected chi connectivity index (χ3v) is 3.82. The van der Waals surface area contributed by atoms with Gasteiger partial charge in [-0.05, 0) is 43.7 Å². The van der Waals surface area contributed by atoms with E-state index in [2.05, 4.69) is 0 Å². The third kappa shape index (κ3) is 3.11. The molecular weight excluding hydrogens is 290 g/mol. The fraction of sp³-hybridized carbons (Fsp3) is 0.263. The zero-order valence-electron chi connectivity index (χ0n) is 13.2. The minimum absolute atomic E-state index is 0.101. The second-order valence-corrected chi connectivity index (χ2v) is 5.90. The van der Waals surface area contributed by atoms with Crippen LogP contribution in [-0.4, -0.2) is 17.9 Å². The number of carbonyl (C=O) groups excluding carboxylic acids is 2. The number of carbonyl (C=O) groups is 2. The lowest BCUT2D eigenvalue weighted by Gasteiger charge is -2.15. The minimum Gasteiger partial charge on any atom is -0.491 e. The van der Waals surface area contributed by atoms with E-state index in [-0.39, 0.29) is 24.3 Å². The van der Waals surface area contributed by atoms with Crippen molar-refractivity contribution in [3.63, 3.8) is 0 Å². The van der Waals surface area contributed by atoms with Gasteiger partial charge in [0, 0.05) is 6.42 Å². The van der Waals surface area contributed by atoms with Crippen molar-refractivity contribution in [3.8, 4) is 5.75 Å². The van der Waals surface area contributed by atoms with E-state index in [4.69, 9.17) is 4.74 Å². The van der Waals surface area contributed by atoms with Crippen molar-refractivity contribution in [1.29, 1.82) is 0 Å². The predicted octanol–water partition coefficient (Wildman–Crippen LogP) is 3.52. The first-order valence-electron chi connectivity index (χ1n) is 7.74. The van der Waals surface area contributed by atoms with E-state index >= 15 is 0 Å². The van der Waals surface area contributed by atoms with Gasteiger partial charge in [0.25, 0.3) is 0 Å². The fourth-order valence-electron chi connectivity index (χ4n) is 2.79. The quantitative estimate of drug-likeness (QED) is 0.812. The van der Waals surface area contributed by atoms with E-state index in [0.717, 1.165) is 11.3 Å². The number of hydrogen-bond donors (Lipinski definition) is 0. The lowest BCUT2D eigenvalue weighted by Crippen LogP contribution is -2.29. The molecule has 1 aliphatic rings. The molecule has 3 rings (SSSR count). The van der Waals surface area contributed by atoms with Crippen molar-refractivity contribution in [3.05, 3.63) is 60.2 Å². The Morgan fingerprint density at radius 2 is 1.65 bits per heavy atom. The second-order valence-electron chi connectivity index (χ2n) is 5.90. The SMILES string of the molecule is CC(C)Oc1ccc([C@@H]2CC(=O)N(c3ccccc3)C2=O)cc1. The number of anilines is 1. The first-order chi connectivity index (χ1) is 11.1. The molecule has 1 saturated heterocycles. The highest BCUT2D eigenvalue weighted by Gasteiger charge is 2.40. The minimum atomic E-state index is -0.421. The lowest BCUT2D eigenvalue weighted by molar-refractivity contribution is -0.121. The summed E-state index contributed by atoms with van der Waals surface area (Å²) in [6.07, 6.45) is 0.307. The summed E-state index contributed by atoms with van der Waals surface area (Å²) in [7, 11) is 0. The Morgan fingerprint density at radius 1 is 1.00 bits per heavy atom. The van der Waals surface area contributed by atoms with E-state index in [1.807, 2.05) is 56.3 Å². The summed E-state index contributed by atoms with van der Waals surface area (Å²) in [6, 6.07) is 16.5. The van der Waals surface area contributed by atoms with Crippen LogP contribution in [0.15, 0.2) is 54.6 Å². The maximum atomic E-state index is 12.7. The molecule has 0 aromatic heterocycles. The molecule has 0 saturated carbocycles. The molecule has 0 bridgehead atoms. The molecule has 1 aliphatic heterocycles. The van der Waals surface area contributed by atoms with Gasteiger partial charge in [-0.3, -0.25) is 14.5 Å². The zero-order valence-corrected chi connectivity index (χ0v) is 13.2. The topological polar surface area (TPSA) is 46.6 Å². The molecule has 2 aromatic rings. The van der Waals surface area contributed by atoms with Gasteiger partial charge in [-0.2, -0.15) is 0 Å². The molecule has 4 heteroatoms. The highest BCUT2D eigenvalue weighted by atomic mass is 16.5. The molecule has 1 atom stereocenters. The van der Waals surface area contributed by atoms with Crippen LogP contribution in [0.25, 0.3) is 0 Å². The van der Waals surface area contributed by atoms with Crippen LogP contribution in [-0.2, 0) is 9.59 Å². The molecule has 23 heavy (non-hydrogen) atoms. The van der Waals surface area contributed by atoms with Gasteiger partial charge in [0.2, 0.25) is 11.8 Å². The van der Waals surface area contributed by atoms with E-state index in [1.165, 1.54) is 4.90 Å². The van der Waals surface area contributed by atoms with Crippen molar-refractivity contribution >= 4 is 17.5 Å². The zero-order chi connectivity index (χ0) is 16.4. The van der Waals surface area contributed by atoms with Crippen molar-refractivity contribution in [1.82, 2.24) is 0 Å². The van der Waals surface area contributed by atoms with Crippen LogP contribution < -0.4 is 9.64 Å². The van der Waals surface area contributed by atoms with Gasteiger partial charge in [-0.1, -0.05) is 30.3 Å². The van der Waals surface area contributed by atoms with Crippen LogP contribution in [0.3, 0.4) is 0 Å². The van der Waals surface area contributed by atoms with E-state index in [0.29, 0.717) is 5.69 Å². The van der Waals surface area contributed by atoms with Gasteiger partial charge in [0.15, 0.2) is 0 Å². The van der Waals surface area contributed by atoms with Crippen molar-refractivity contribution < 1.29 is 14.3 Å². The molecule has 0 unspecified atom stereocenters. The molecule has 0 aliphatic carbocycles. The number of rotatable bonds is 4. The Balaban J connectivity index is 1.82. The highest BCUT2D eigenvalue weighted by Crippen LogP contribution is 2.33. The average Bonchev–Trinajstić information content (AvgIpc) is 2.83. The first kappa shape index (κ1) is 15.3. The predicted molar refractivity (Wildman–Crippen MR) is 88.5 cm³/mol. The van der Waals surface area contributed by atoms with Crippen molar-refractivity contribution in [2.75, 3.05) is 4.90 Å². The smallest absolute Gasteiger partial charge is 0.241 e. The number of para-hydroxylation sites is 1. The Kier molecular flexibility index (Phi) is 4.15. The van der Waals surface area contributed by atoms with Crippen LogP contribution in [0.5, 0.6) is 5.75 Å². The van der Waals surface area contributed by atoms with E-state index in [1.54, 1.807) is 12.1 Å². The number of hydrogen-bond acceptors (Lipinski definition) is 3. The van der Waals surface area contributed by atoms with Gasteiger partial charge in [0.05, 0.1) is 17.7 Å². The molecule has 118 valence electrons. The molecular formula is C19H19NO3. The van der Waals surface area contributed by atoms with Crippen LogP contribution in [0, 0.1) is 0 Å². The molecule has 4 nitrogen and oxygen atoms in total. The van der Waals surface area contributed by atoms with Gasteiger partial charge in [0.1, 0.15) is 5.75 Å². The number of ether oxygens (including phenoxy) is 1. The maximum Gasteiger partial charge on any atom is 0.241 e. The second kappa shape index (κ2) is 6.24. The third-order valence-electron chi connectivity index (χ3n) is 3.82. The van der Waals surface area contributed by atoms with Gasteiger partial charge in [-0.15, -0.1) is 0 Å². The average molecular weight is 309 g/mol. The summed E-state index contributed by atoms with van der Waals surface area (Å²) in [5.74, 6) is 0.0173. The monoisotopic (exact) mass is 309 g/mol. The number of amides is 2. The molecule has 1 fully saturated rings. The first-order valence-corrected chi connectivity index (χ1v) is 7.74. The Morgan fingerprint density at radius 3 is 2.26 bits per heavy atom. The normalized spacial score (nSPS) is 17.9. The van der Waals surface area contributed by atoms with Crippen LogP contribution in [0.4, 0.5) is 5.69 Å². The molecule has 2 aromatic carbocycles. The molecule has 1 heterocycles. The summed E-state index contributed by atoms with van der Waals surface area (Å²) in [4.78, 5) is 26.2. The number of benzene rings is 2. The number of nitrogens with zero attached hydrogens (tertiary/aromatic N) is 1. The molecule has 0 radical (unpaired) electrons. The Hall–Kier alpha value is -2.62. The number of imide groups is 1. The van der Waals surface area contributed by atoms with Gasteiger partial charge >= 0.3 is 0 Å². The fourth-order valence-corrected chi connectivity index (χ4v) is 2.79. The van der Waals surface area contributed by atoms with Crippen LogP contribution in [0.2, 0.25) is 0 Å². The molecule has 2 amide bonds. The summed E-state index contributed by atoms with van der Waals surface area (Å²) in [5, 5.41) is 0. The molecule has 0 spiro atoms. The van der Waals surface area contributed by atoms with Crippen molar-refractivity contribution in [2.24, 2.45) is 0 Å². The molecule has 0 N–H and O–H groups in total. The van der Waals surface area contributed by atoms with Crippen LogP contribution in [0.1, 0.15) is 31.7 Å². The summed E-state index contributed by atoms with van der Waals surface area (Å²) >= 11 is 0. The lowest BCUT2D eigenvalue weighted by atomic mass is 9.97.